The lowest BCUT2D eigenvalue weighted by atomic mass is 9.97. The van der Waals surface area contributed by atoms with Crippen molar-refractivity contribution in [3.8, 4) is 0 Å². The minimum absolute atomic E-state index is 0.0527. The Balaban J connectivity index is 1.73. The van der Waals surface area contributed by atoms with Gasteiger partial charge in [-0.3, -0.25) is 4.79 Å². The van der Waals surface area contributed by atoms with Gasteiger partial charge in [-0.25, -0.2) is 0 Å². The van der Waals surface area contributed by atoms with E-state index in [1.54, 1.807) is 18.4 Å². The van der Waals surface area contributed by atoms with Crippen LogP contribution in [0.3, 0.4) is 0 Å². The van der Waals surface area contributed by atoms with Gasteiger partial charge in [0.15, 0.2) is 0 Å². The Kier molecular flexibility index (Phi) is 5.41. The van der Waals surface area contributed by atoms with E-state index in [4.69, 9.17) is 4.42 Å². The molecule has 1 atom stereocenters. The standard InChI is InChI=1S/C16H24N2O2/c1-13(2)18-9-3-5-14(12-18)11-17-16(19)8-7-15-6-4-10-20-15/h4,6-8,10,13-14H,3,5,9,11-12H2,1-2H3,(H,17,19)/b8-7-/t14-/m0/s1. The average Bonchev–Trinajstić information content (AvgIpc) is 2.96. The molecule has 0 spiro atoms. The Morgan fingerprint density at radius 2 is 2.45 bits per heavy atom. The first-order valence-electron chi connectivity index (χ1n) is 7.38. The van der Waals surface area contributed by atoms with Gasteiger partial charge in [0.25, 0.3) is 0 Å². The predicted octanol–water partition coefficient (Wildman–Crippen LogP) is 2.53. The smallest absolute Gasteiger partial charge is 0.244 e. The molecule has 4 nitrogen and oxygen atoms in total. The van der Waals surface area contributed by atoms with E-state index < -0.39 is 0 Å². The van der Waals surface area contributed by atoms with Crippen molar-refractivity contribution in [2.24, 2.45) is 5.92 Å². The van der Waals surface area contributed by atoms with Crippen molar-refractivity contribution in [2.75, 3.05) is 19.6 Å². The fraction of sp³-hybridized carbons (Fsp3) is 0.562. The van der Waals surface area contributed by atoms with Gasteiger partial charge >= 0.3 is 0 Å². The number of amides is 1. The number of nitrogens with one attached hydrogen (secondary N) is 1. The average molecular weight is 276 g/mol. The van der Waals surface area contributed by atoms with Crippen molar-refractivity contribution < 1.29 is 9.21 Å². The van der Waals surface area contributed by atoms with Crippen molar-refractivity contribution in [1.82, 2.24) is 10.2 Å². The predicted molar refractivity (Wildman–Crippen MR) is 80.2 cm³/mol. The van der Waals surface area contributed by atoms with E-state index in [0.717, 1.165) is 13.1 Å². The number of carbonyl (C=O) groups is 1. The third kappa shape index (κ3) is 4.53. The van der Waals surface area contributed by atoms with Crippen LogP contribution in [0.25, 0.3) is 6.08 Å². The molecular formula is C16H24N2O2. The highest BCUT2D eigenvalue weighted by Crippen LogP contribution is 2.17. The summed E-state index contributed by atoms with van der Waals surface area (Å²) in [4.78, 5) is 14.2. The monoisotopic (exact) mass is 276 g/mol. The summed E-state index contributed by atoms with van der Waals surface area (Å²) < 4.78 is 5.15. The molecule has 0 aliphatic carbocycles. The minimum Gasteiger partial charge on any atom is -0.465 e. The topological polar surface area (TPSA) is 45.5 Å². The molecule has 1 saturated heterocycles. The number of hydrogen-bond acceptors (Lipinski definition) is 3. The number of nitrogens with zero attached hydrogens (tertiary/aromatic N) is 1. The van der Waals surface area contributed by atoms with E-state index in [1.165, 1.54) is 25.5 Å². The molecule has 1 aliphatic heterocycles. The lowest BCUT2D eigenvalue weighted by Gasteiger charge is -2.35. The van der Waals surface area contributed by atoms with E-state index in [9.17, 15) is 4.79 Å². The summed E-state index contributed by atoms with van der Waals surface area (Å²) in [6.07, 6.45) is 7.24. The molecule has 1 amide bonds. The molecule has 0 radical (unpaired) electrons. The van der Waals surface area contributed by atoms with Crippen LogP contribution in [0.1, 0.15) is 32.4 Å². The third-order valence-corrected chi connectivity index (χ3v) is 3.79. The number of rotatable bonds is 5. The van der Waals surface area contributed by atoms with Crippen LogP contribution in [0.5, 0.6) is 0 Å². The summed E-state index contributed by atoms with van der Waals surface area (Å²) >= 11 is 0. The normalized spacial score (nSPS) is 20.6. The first kappa shape index (κ1) is 14.9. The zero-order chi connectivity index (χ0) is 14.4. The maximum atomic E-state index is 11.7. The quantitative estimate of drug-likeness (QED) is 0.841. The lowest BCUT2D eigenvalue weighted by molar-refractivity contribution is -0.116. The second kappa shape index (κ2) is 7.29. The number of furan rings is 1. The second-order valence-corrected chi connectivity index (χ2v) is 5.69. The molecule has 1 fully saturated rings. The van der Waals surface area contributed by atoms with Gasteiger partial charge < -0.3 is 14.6 Å². The maximum Gasteiger partial charge on any atom is 0.244 e. The van der Waals surface area contributed by atoms with Gasteiger partial charge in [-0.2, -0.15) is 0 Å². The van der Waals surface area contributed by atoms with Gasteiger partial charge in [0, 0.05) is 25.2 Å². The minimum atomic E-state index is -0.0527. The fourth-order valence-electron chi connectivity index (χ4n) is 2.58. The van der Waals surface area contributed by atoms with E-state index in [1.807, 2.05) is 6.07 Å². The molecule has 2 rings (SSSR count). The van der Waals surface area contributed by atoms with Crippen molar-refractivity contribution in [2.45, 2.75) is 32.7 Å². The van der Waals surface area contributed by atoms with Gasteiger partial charge in [-0.15, -0.1) is 0 Å². The van der Waals surface area contributed by atoms with Gasteiger partial charge in [0.05, 0.1) is 6.26 Å². The molecule has 0 bridgehead atoms. The van der Waals surface area contributed by atoms with E-state index in [0.29, 0.717) is 17.7 Å². The van der Waals surface area contributed by atoms with E-state index in [-0.39, 0.29) is 5.91 Å². The Bertz CT molecular complexity index is 437. The Labute approximate surface area is 120 Å². The summed E-state index contributed by atoms with van der Waals surface area (Å²) in [5.74, 6) is 1.21. The molecule has 0 saturated carbocycles. The van der Waals surface area contributed by atoms with Gasteiger partial charge in [-0.1, -0.05) is 0 Å². The van der Waals surface area contributed by atoms with Crippen LogP contribution in [0.15, 0.2) is 28.9 Å². The Morgan fingerprint density at radius 3 is 3.15 bits per heavy atom. The third-order valence-electron chi connectivity index (χ3n) is 3.79. The van der Waals surface area contributed by atoms with Crippen LogP contribution < -0.4 is 5.32 Å². The molecule has 2 heterocycles. The van der Waals surface area contributed by atoms with Crippen molar-refractivity contribution in [1.29, 1.82) is 0 Å². The van der Waals surface area contributed by atoms with Crippen LogP contribution in [0.2, 0.25) is 0 Å². The Hall–Kier alpha value is -1.55. The molecule has 0 unspecified atom stereocenters. The Morgan fingerprint density at radius 1 is 1.60 bits per heavy atom. The van der Waals surface area contributed by atoms with Gasteiger partial charge in [0.2, 0.25) is 5.91 Å². The molecule has 1 aromatic heterocycles. The van der Waals surface area contributed by atoms with Gasteiger partial charge in [0.1, 0.15) is 5.76 Å². The van der Waals surface area contributed by atoms with Crippen LogP contribution in [-0.2, 0) is 4.79 Å². The van der Waals surface area contributed by atoms with Crippen molar-refractivity contribution >= 4 is 12.0 Å². The summed E-state index contributed by atoms with van der Waals surface area (Å²) in [7, 11) is 0. The molecule has 1 N–H and O–H groups in total. The van der Waals surface area contributed by atoms with E-state index in [2.05, 4.69) is 24.1 Å². The summed E-state index contributed by atoms with van der Waals surface area (Å²) in [5, 5.41) is 2.98. The summed E-state index contributed by atoms with van der Waals surface area (Å²) in [6.45, 7) is 7.48. The number of carbonyl (C=O) groups excluding carboxylic acids is 1. The zero-order valence-corrected chi connectivity index (χ0v) is 12.3. The van der Waals surface area contributed by atoms with Crippen molar-refractivity contribution in [3.05, 3.63) is 30.2 Å². The zero-order valence-electron chi connectivity index (χ0n) is 12.3. The molecule has 4 heteroatoms. The first-order chi connectivity index (χ1) is 9.65. The van der Waals surface area contributed by atoms with E-state index >= 15 is 0 Å². The molecule has 1 aromatic rings. The SMILES string of the molecule is CC(C)N1CCC[C@@H](CNC(=O)/C=C\c2ccco2)C1. The first-order valence-corrected chi connectivity index (χ1v) is 7.38. The molecule has 110 valence electrons. The number of hydrogen-bond donors (Lipinski definition) is 1. The highest BCUT2D eigenvalue weighted by atomic mass is 16.3. The maximum absolute atomic E-state index is 11.7. The second-order valence-electron chi connectivity index (χ2n) is 5.69. The van der Waals surface area contributed by atoms with Crippen molar-refractivity contribution in [3.63, 3.8) is 0 Å². The highest BCUT2D eigenvalue weighted by Gasteiger charge is 2.21. The molecule has 0 aromatic carbocycles. The van der Waals surface area contributed by atoms with Crippen LogP contribution in [0, 0.1) is 5.92 Å². The largest absolute Gasteiger partial charge is 0.465 e. The van der Waals surface area contributed by atoms with Crippen LogP contribution >= 0.6 is 0 Å². The number of likely N-dealkylation sites (tertiary alicyclic amines) is 1. The molecule has 20 heavy (non-hydrogen) atoms. The summed E-state index contributed by atoms with van der Waals surface area (Å²) in [5.41, 5.74) is 0. The highest BCUT2D eigenvalue weighted by molar-refractivity contribution is 5.91. The van der Waals surface area contributed by atoms with Crippen LogP contribution in [-0.4, -0.2) is 36.5 Å². The molecular weight excluding hydrogens is 252 g/mol. The van der Waals surface area contributed by atoms with Crippen LogP contribution in [0.4, 0.5) is 0 Å². The molecule has 1 aliphatic rings. The lowest BCUT2D eigenvalue weighted by Crippen LogP contribution is -2.43. The summed E-state index contributed by atoms with van der Waals surface area (Å²) in [6, 6.07) is 4.22. The number of piperidine rings is 1. The van der Waals surface area contributed by atoms with Gasteiger partial charge in [-0.05, 0) is 57.4 Å². The fourth-order valence-corrected chi connectivity index (χ4v) is 2.58.